The third kappa shape index (κ3) is 1.28. The second kappa shape index (κ2) is 2.57. The van der Waals surface area contributed by atoms with Crippen LogP contribution in [0.4, 0.5) is 0 Å². The fraction of sp³-hybridized carbons (Fsp3) is 0.200. The van der Waals surface area contributed by atoms with Crippen molar-refractivity contribution in [3.05, 3.63) is 32.6 Å². The van der Waals surface area contributed by atoms with Gasteiger partial charge in [-0.3, -0.25) is 9.78 Å². The highest BCUT2D eigenvalue weighted by Gasteiger charge is 1.95. The van der Waals surface area contributed by atoms with Crippen molar-refractivity contribution in [2.45, 2.75) is 6.92 Å². The van der Waals surface area contributed by atoms with Gasteiger partial charge in [0.15, 0.2) is 0 Å². The van der Waals surface area contributed by atoms with Crippen LogP contribution in [0, 0.1) is 6.92 Å². The summed E-state index contributed by atoms with van der Waals surface area (Å²) in [5.41, 5.74) is -0.0876. The van der Waals surface area contributed by atoms with Crippen molar-refractivity contribution in [2.24, 2.45) is 0 Å². The summed E-state index contributed by atoms with van der Waals surface area (Å²) >= 11 is 1.82. The van der Waals surface area contributed by atoms with Crippen LogP contribution in [-0.4, -0.2) is 7.76 Å². The van der Waals surface area contributed by atoms with E-state index in [9.17, 15) is 9.59 Å². The van der Waals surface area contributed by atoms with Gasteiger partial charge in [0, 0.05) is 11.8 Å². The third-order valence-corrected chi connectivity index (χ3v) is 2.26. The quantitative estimate of drug-likeness (QED) is 0.663. The minimum atomic E-state index is -0.384. The maximum atomic E-state index is 10.8. The first kappa shape index (κ1) is 7.52. The molecule has 1 aromatic heterocycles. The number of hydrogen-bond donors (Lipinski definition) is 1. The number of aryl methyl sites for hydroxylation is 1. The molecule has 0 fully saturated rings. The van der Waals surface area contributed by atoms with Gasteiger partial charge in [-0.05, 0) is 6.92 Å². The first-order valence-electron chi connectivity index (χ1n) is 2.60. The second-order valence-electron chi connectivity index (χ2n) is 1.86. The van der Waals surface area contributed by atoms with Crippen molar-refractivity contribution in [1.82, 2.24) is 7.76 Å². The van der Waals surface area contributed by atoms with Crippen LogP contribution in [0.15, 0.2) is 15.7 Å². The molecule has 1 N–H and O–H groups in total. The molecular weight excluding hydrogens is 247 g/mol. The average molecular weight is 252 g/mol. The van der Waals surface area contributed by atoms with Crippen LogP contribution in [0.3, 0.4) is 0 Å². The lowest BCUT2D eigenvalue weighted by atomic mass is 10.5. The fourth-order valence-corrected chi connectivity index (χ4v) is 0.857. The van der Waals surface area contributed by atoms with Crippen molar-refractivity contribution in [1.29, 1.82) is 0 Å². The van der Waals surface area contributed by atoms with Crippen molar-refractivity contribution in [3.8, 4) is 0 Å². The number of halogens is 1. The number of aromatic amines is 1. The third-order valence-electron chi connectivity index (χ3n) is 1.06. The standard InChI is InChI=1S/C5H5IN2O2/c1-3-2-4(9)7-5(10)8(3)6/h2H,1H3,(H,7,9,10). The molecule has 0 aliphatic heterocycles. The molecule has 0 radical (unpaired) electrons. The molecule has 1 aromatic rings. The van der Waals surface area contributed by atoms with E-state index in [1.54, 1.807) is 6.92 Å². The van der Waals surface area contributed by atoms with Gasteiger partial charge in [-0.15, -0.1) is 0 Å². The van der Waals surface area contributed by atoms with E-state index >= 15 is 0 Å². The van der Waals surface area contributed by atoms with Gasteiger partial charge in [-0.1, -0.05) is 0 Å². The Kier molecular flexibility index (Phi) is 1.93. The van der Waals surface area contributed by atoms with Gasteiger partial charge in [0.2, 0.25) is 0 Å². The number of rotatable bonds is 0. The first-order chi connectivity index (χ1) is 4.61. The molecule has 1 rings (SSSR count). The molecule has 4 nitrogen and oxygen atoms in total. The topological polar surface area (TPSA) is 54.9 Å². The smallest absolute Gasteiger partial charge is 0.273 e. The minimum Gasteiger partial charge on any atom is -0.273 e. The van der Waals surface area contributed by atoms with E-state index in [1.165, 1.54) is 8.85 Å². The van der Waals surface area contributed by atoms with E-state index in [4.69, 9.17) is 0 Å². The van der Waals surface area contributed by atoms with Gasteiger partial charge >= 0.3 is 5.69 Å². The summed E-state index contributed by atoms with van der Waals surface area (Å²) in [6, 6.07) is 1.37. The van der Waals surface area contributed by atoms with Crippen molar-refractivity contribution in [3.63, 3.8) is 0 Å². The van der Waals surface area contributed by atoms with E-state index < -0.39 is 0 Å². The molecule has 0 aromatic carbocycles. The van der Waals surface area contributed by atoms with Gasteiger partial charge in [-0.25, -0.2) is 7.58 Å². The van der Waals surface area contributed by atoms with Crippen LogP contribution in [-0.2, 0) is 0 Å². The van der Waals surface area contributed by atoms with E-state index in [-0.39, 0.29) is 11.2 Å². The molecular formula is C5H5IN2O2. The summed E-state index contributed by atoms with van der Waals surface area (Å²) in [5.74, 6) is 0. The minimum absolute atomic E-state index is 0.351. The molecule has 5 heteroatoms. The number of nitrogens with zero attached hydrogens (tertiary/aromatic N) is 1. The summed E-state index contributed by atoms with van der Waals surface area (Å²) in [6.45, 7) is 1.70. The van der Waals surface area contributed by atoms with E-state index in [1.807, 2.05) is 22.9 Å². The summed E-state index contributed by atoms with van der Waals surface area (Å²) in [5, 5.41) is 0. The van der Waals surface area contributed by atoms with Gasteiger partial charge in [0.05, 0.1) is 22.9 Å². The van der Waals surface area contributed by atoms with E-state index in [2.05, 4.69) is 4.98 Å². The molecule has 0 saturated carbocycles. The monoisotopic (exact) mass is 252 g/mol. The molecule has 0 aliphatic rings. The van der Waals surface area contributed by atoms with Gasteiger partial charge in [0.25, 0.3) is 5.56 Å². The molecule has 0 saturated heterocycles. The number of aromatic nitrogens is 2. The number of hydrogen-bond acceptors (Lipinski definition) is 2. The largest absolute Gasteiger partial charge is 0.337 e. The summed E-state index contributed by atoms with van der Waals surface area (Å²) in [6.07, 6.45) is 0. The van der Waals surface area contributed by atoms with Crippen molar-refractivity contribution in [2.75, 3.05) is 0 Å². The normalized spacial score (nSPS) is 9.80. The Morgan fingerprint density at radius 3 is 2.70 bits per heavy atom. The van der Waals surface area contributed by atoms with Crippen LogP contribution in [0.5, 0.6) is 0 Å². The van der Waals surface area contributed by atoms with Crippen LogP contribution < -0.4 is 11.2 Å². The van der Waals surface area contributed by atoms with Crippen molar-refractivity contribution >= 4 is 22.9 Å². The van der Waals surface area contributed by atoms with Crippen molar-refractivity contribution < 1.29 is 0 Å². The molecule has 0 unspecified atom stereocenters. The Hall–Kier alpha value is -0.590. The summed E-state index contributed by atoms with van der Waals surface area (Å²) in [4.78, 5) is 23.5. The Bertz CT molecular complexity index is 351. The lowest BCUT2D eigenvalue weighted by Crippen LogP contribution is -2.26. The highest BCUT2D eigenvalue weighted by atomic mass is 127. The Balaban J connectivity index is 3.62. The molecule has 0 aliphatic carbocycles. The molecule has 54 valence electrons. The lowest BCUT2D eigenvalue weighted by molar-refractivity contribution is 0.974. The first-order valence-corrected chi connectivity index (χ1v) is 3.57. The molecule has 0 amide bonds. The summed E-state index contributed by atoms with van der Waals surface area (Å²) in [7, 11) is 0. The molecule has 1 heterocycles. The average Bonchev–Trinajstić information content (AvgIpc) is 1.82. The van der Waals surface area contributed by atoms with Gasteiger partial charge in [0.1, 0.15) is 0 Å². The van der Waals surface area contributed by atoms with E-state index in [0.717, 1.165) is 0 Å². The summed E-state index contributed by atoms with van der Waals surface area (Å²) < 4.78 is 1.35. The van der Waals surface area contributed by atoms with Crippen LogP contribution in [0.2, 0.25) is 0 Å². The SMILES string of the molecule is Cc1cc(=O)[nH]c(=O)n1I. The highest BCUT2D eigenvalue weighted by molar-refractivity contribution is 14.1. The molecule has 0 bridgehead atoms. The van der Waals surface area contributed by atoms with Gasteiger partial charge < -0.3 is 0 Å². The lowest BCUT2D eigenvalue weighted by Gasteiger charge is -1.95. The second-order valence-corrected chi connectivity index (χ2v) is 2.83. The van der Waals surface area contributed by atoms with E-state index in [0.29, 0.717) is 5.69 Å². The Labute approximate surface area is 70.4 Å². The predicted octanol–water partition coefficient (Wildman–Crippen LogP) is 0.0431. The van der Waals surface area contributed by atoms with Gasteiger partial charge in [-0.2, -0.15) is 0 Å². The zero-order valence-electron chi connectivity index (χ0n) is 5.22. The maximum Gasteiger partial charge on any atom is 0.337 e. The zero-order chi connectivity index (χ0) is 7.72. The Morgan fingerprint density at radius 1 is 1.60 bits per heavy atom. The number of H-pyrrole nitrogens is 1. The highest BCUT2D eigenvalue weighted by Crippen LogP contribution is 1.91. The zero-order valence-corrected chi connectivity index (χ0v) is 7.38. The Morgan fingerprint density at radius 2 is 2.20 bits per heavy atom. The molecule has 10 heavy (non-hydrogen) atoms. The maximum absolute atomic E-state index is 10.8. The molecule has 0 atom stereocenters. The predicted molar refractivity (Wildman–Crippen MR) is 45.5 cm³/mol. The number of nitrogens with one attached hydrogen (secondary N) is 1. The molecule has 0 spiro atoms. The van der Waals surface area contributed by atoms with Crippen LogP contribution in [0.1, 0.15) is 5.69 Å². The van der Waals surface area contributed by atoms with Crippen LogP contribution >= 0.6 is 22.9 Å². The fourth-order valence-electron chi connectivity index (χ4n) is 0.597. The van der Waals surface area contributed by atoms with Crippen LogP contribution in [0.25, 0.3) is 0 Å².